The van der Waals surface area contributed by atoms with Gasteiger partial charge in [0.1, 0.15) is 5.15 Å². The molecule has 2 atom stereocenters. The van der Waals surface area contributed by atoms with Crippen molar-refractivity contribution in [1.82, 2.24) is 4.98 Å². The number of ketones is 1. The molecule has 0 saturated heterocycles. The van der Waals surface area contributed by atoms with Gasteiger partial charge in [0, 0.05) is 17.7 Å². The first-order chi connectivity index (χ1) is 8.22. The van der Waals surface area contributed by atoms with Crippen LogP contribution in [0, 0.1) is 11.8 Å². The second-order valence-corrected chi connectivity index (χ2v) is 5.18. The van der Waals surface area contributed by atoms with E-state index in [2.05, 4.69) is 11.9 Å². The van der Waals surface area contributed by atoms with Crippen molar-refractivity contribution in [3.63, 3.8) is 0 Å². The third-order valence-corrected chi connectivity index (χ3v) is 4.01. The predicted octanol–water partition coefficient (Wildman–Crippen LogP) is 4.13. The van der Waals surface area contributed by atoms with Gasteiger partial charge in [-0.25, -0.2) is 4.98 Å². The fourth-order valence-corrected chi connectivity index (χ4v) is 2.89. The minimum atomic E-state index is 0.191. The Kier molecular flexibility index (Phi) is 4.16. The highest BCUT2D eigenvalue weighted by molar-refractivity contribution is 6.29. The standard InChI is InChI=1S/C14H18ClNO/c1-2-10-5-3-4-6-12(10)14(17)11-7-8-13(15)16-9-11/h7-10,12H,2-6H2,1H3. The van der Waals surface area contributed by atoms with Gasteiger partial charge in [-0.1, -0.05) is 37.8 Å². The van der Waals surface area contributed by atoms with E-state index in [9.17, 15) is 4.79 Å². The van der Waals surface area contributed by atoms with E-state index in [-0.39, 0.29) is 11.7 Å². The maximum absolute atomic E-state index is 12.4. The molecule has 1 aliphatic carbocycles. The van der Waals surface area contributed by atoms with Gasteiger partial charge in [-0.2, -0.15) is 0 Å². The number of pyridine rings is 1. The third-order valence-electron chi connectivity index (χ3n) is 3.78. The molecule has 17 heavy (non-hydrogen) atoms. The average molecular weight is 252 g/mol. The number of rotatable bonds is 3. The maximum Gasteiger partial charge on any atom is 0.167 e. The van der Waals surface area contributed by atoms with Crippen LogP contribution < -0.4 is 0 Å². The van der Waals surface area contributed by atoms with Crippen LogP contribution in [0.3, 0.4) is 0 Å². The molecule has 1 aliphatic rings. The first-order valence-electron chi connectivity index (χ1n) is 6.38. The Balaban J connectivity index is 2.15. The summed E-state index contributed by atoms with van der Waals surface area (Å²) in [6.45, 7) is 2.18. The SMILES string of the molecule is CCC1CCCCC1C(=O)c1ccc(Cl)nc1. The second kappa shape index (κ2) is 5.63. The quantitative estimate of drug-likeness (QED) is 0.597. The Morgan fingerprint density at radius 1 is 1.41 bits per heavy atom. The van der Waals surface area contributed by atoms with E-state index in [0.717, 1.165) is 12.8 Å². The van der Waals surface area contributed by atoms with Crippen molar-refractivity contribution in [1.29, 1.82) is 0 Å². The van der Waals surface area contributed by atoms with E-state index in [4.69, 9.17) is 11.6 Å². The van der Waals surface area contributed by atoms with Gasteiger partial charge in [0.25, 0.3) is 0 Å². The molecule has 92 valence electrons. The third kappa shape index (κ3) is 2.86. The van der Waals surface area contributed by atoms with E-state index in [0.29, 0.717) is 16.6 Å². The summed E-state index contributed by atoms with van der Waals surface area (Å²) < 4.78 is 0. The molecule has 0 spiro atoms. The van der Waals surface area contributed by atoms with Crippen molar-refractivity contribution in [2.45, 2.75) is 39.0 Å². The molecule has 0 aromatic carbocycles. The highest BCUT2D eigenvalue weighted by Crippen LogP contribution is 2.34. The van der Waals surface area contributed by atoms with E-state index in [1.54, 1.807) is 18.3 Å². The molecule has 0 amide bonds. The molecule has 2 nitrogen and oxygen atoms in total. The van der Waals surface area contributed by atoms with Crippen LogP contribution >= 0.6 is 11.6 Å². The highest BCUT2D eigenvalue weighted by Gasteiger charge is 2.30. The van der Waals surface area contributed by atoms with E-state index < -0.39 is 0 Å². The van der Waals surface area contributed by atoms with Crippen LogP contribution in [0.25, 0.3) is 0 Å². The largest absolute Gasteiger partial charge is 0.294 e. The molecule has 1 aromatic heterocycles. The Labute approximate surface area is 107 Å². The first kappa shape index (κ1) is 12.6. The lowest BCUT2D eigenvalue weighted by Crippen LogP contribution is -2.27. The summed E-state index contributed by atoms with van der Waals surface area (Å²) in [6, 6.07) is 3.48. The number of carbonyl (C=O) groups excluding carboxylic acids is 1. The Bertz CT molecular complexity index is 388. The highest BCUT2D eigenvalue weighted by atomic mass is 35.5. The van der Waals surface area contributed by atoms with Crippen LogP contribution in [0.1, 0.15) is 49.4 Å². The normalized spacial score (nSPS) is 24.6. The summed E-state index contributed by atoms with van der Waals surface area (Å²) in [7, 11) is 0. The second-order valence-electron chi connectivity index (χ2n) is 4.79. The van der Waals surface area contributed by atoms with Crippen molar-refractivity contribution in [2.24, 2.45) is 11.8 Å². The molecule has 1 heterocycles. The molecule has 1 aromatic rings. The molecule has 1 saturated carbocycles. The molecule has 0 N–H and O–H groups in total. The Morgan fingerprint density at radius 2 is 2.18 bits per heavy atom. The van der Waals surface area contributed by atoms with Crippen LogP contribution in [0.5, 0.6) is 0 Å². The zero-order chi connectivity index (χ0) is 12.3. The van der Waals surface area contributed by atoms with Gasteiger partial charge in [0.15, 0.2) is 5.78 Å². The summed E-state index contributed by atoms with van der Waals surface area (Å²) in [5, 5.41) is 0.442. The number of nitrogens with zero attached hydrogens (tertiary/aromatic N) is 1. The Morgan fingerprint density at radius 3 is 2.82 bits per heavy atom. The molecule has 0 radical (unpaired) electrons. The van der Waals surface area contributed by atoms with Crippen LogP contribution in [0.2, 0.25) is 5.15 Å². The number of halogens is 1. The van der Waals surface area contributed by atoms with Crippen molar-refractivity contribution in [3.05, 3.63) is 29.0 Å². The van der Waals surface area contributed by atoms with Gasteiger partial charge in [0.2, 0.25) is 0 Å². The van der Waals surface area contributed by atoms with Crippen LogP contribution in [-0.4, -0.2) is 10.8 Å². The molecule has 3 heteroatoms. The van der Waals surface area contributed by atoms with Crippen molar-refractivity contribution in [3.8, 4) is 0 Å². The van der Waals surface area contributed by atoms with E-state index in [1.165, 1.54) is 19.3 Å². The smallest absolute Gasteiger partial charge is 0.167 e. The van der Waals surface area contributed by atoms with E-state index >= 15 is 0 Å². The zero-order valence-electron chi connectivity index (χ0n) is 10.2. The van der Waals surface area contributed by atoms with Crippen molar-refractivity contribution in [2.75, 3.05) is 0 Å². The van der Waals surface area contributed by atoms with Gasteiger partial charge in [-0.15, -0.1) is 0 Å². The maximum atomic E-state index is 12.4. The fourth-order valence-electron chi connectivity index (χ4n) is 2.78. The molecular formula is C14H18ClNO. The van der Waals surface area contributed by atoms with Crippen molar-refractivity contribution < 1.29 is 4.79 Å². The topological polar surface area (TPSA) is 30.0 Å². The first-order valence-corrected chi connectivity index (χ1v) is 6.76. The molecular weight excluding hydrogens is 234 g/mol. The monoisotopic (exact) mass is 251 g/mol. The Hall–Kier alpha value is -0.890. The van der Waals surface area contributed by atoms with Crippen LogP contribution in [0.15, 0.2) is 18.3 Å². The van der Waals surface area contributed by atoms with E-state index in [1.807, 2.05) is 0 Å². The lowest BCUT2D eigenvalue weighted by molar-refractivity contribution is 0.0820. The van der Waals surface area contributed by atoms with Gasteiger partial charge in [-0.05, 0) is 30.9 Å². The minimum Gasteiger partial charge on any atom is -0.294 e. The molecule has 0 bridgehead atoms. The average Bonchev–Trinajstić information content (AvgIpc) is 2.39. The van der Waals surface area contributed by atoms with Gasteiger partial charge >= 0.3 is 0 Å². The summed E-state index contributed by atoms with van der Waals surface area (Å²) in [4.78, 5) is 16.4. The molecule has 1 fully saturated rings. The lowest BCUT2D eigenvalue weighted by atomic mass is 9.74. The van der Waals surface area contributed by atoms with Gasteiger partial charge in [0.05, 0.1) is 0 Å². The summed E-state index contributed by atoms with van der Waals surface area (Å²) >= 11 is 5.74. The summed E-state index contributed by atoms with van der Waals surface area (Å²) in [6.07, 6.45) is 7.35. The number of Topliss-reactive ketones (excluding diaryl/α,β-unsaturated/α-hetero) is 1. The summed E-state index contributed by atoms with van der Waals surface area (Å²) in [5.41, 5.74) is 0.708. The van der Waals surface area contributed by atoms with Crippen LogP contribution in [0.4, 0.5) is 0 Å². The number of hydrogen-bond donors (Lipinski definition) is 0. The lowest BCUT2D eigenvalue weighted by Gasteiger charge is -2.29. The van der Waals surface area contributed by atoms with Crippen LogP contribution in [-0.2, 0) is 0 Å². The van der Waals surface area contributed by atoms with Crippen molar-refractivity contribution >= 4 is 17.4 Å². The zero-order valence-corrected chi connectivity index (χ0v) is 10.9. The van der Waals surface area contributed by atoms with Gasteiger partial charge < -0.3 is 0 Å². The summed E-state index contributed by atoms with van der Waals surface area (Å²) in [5.74, 6) is 0.990. The molecule has 2 unspecified atom stereocenters. The number of hydrogen-bond acceptors (Lipinski definition) is 2. The fraction of sp³-hybridized carbons (Fsp3) is 0.571. The molecule has 2 rings (SSSR count). The number of carbonyl (C=O) groups is 1. The minimum absolute atomic E-state index is 0.191. The number of aromatic nitrogens is 1. The van der Waals surface area contributed by atoms with Gasteiger partial charge in [-0.3, -0.25) is 4.79 Å². The molecule has 0 aliphatic heterocycles. The predicted molar refractivity (Wildman–Crippen MR) is 69.3 cm³/mol.